The van der Waals surface area contributed by atoms with Gasteiger partial charge in [-0.3, -0.25) is 4.79 Å². The van der Waals surface area contributed by atoms with Crippen LogP contribution in [-0.4, -0.2) is 17.6 Å². The van der Waals surface area contributed by atoms with Gasteiger partial charge in [-0.15, -0.1) is 0 Å². The van der Waals surface area contributed by atoms with E-state index in [9.17, 15) is 9.90 Å². The molecule has 0 saturated heterocycles. The first-order valence-corrected chi connectivity index (χ1v) is 7.15. The van der Waals surface area contributed by atoms with Crippen molar-refractivity contribution in [1.82, 2.24) is 5.32 Å². The molecule has 4 nitrogen and oxygen atoms in total. The van der Waals surface area contributed by atoms with Crippen molar-refractivity contribution in [2.24, 2.45) is 0 Å². The maximum Gasteiger partial charge on any atom is 0.254 e. The standard InChI is InChI=1S/C17H19NO3/c1-11-9-14(12(2)21-11)16(19)18-10-17(20)8-7-13-5-3-4-6-15(13)17/h3-6,9,20H,7-8,10H2,1-2H3,(H,18,19)/t17-/m1/s1. The summed E-state index contributed by atoms with van der Waals surface area (Å²) in [5.74, 6) is 1.11. The third-order valence-corrected chi connectivity index (χ3v) is 4.15. The molecule has 0 bridgehead atoms. The second-order valence-corrected chi connectivity index (χ2v) is 5.70. The van der Waals surface area contributed by atoms with E-state index in [0.717, 1.165) is 17.5 Å². The maximum atomic E-state index is 12.2. The lowest BCUT2D eigenvalue weighted by Gasteiger charge is -2.24. The van der Waals surface area contributed by atoms with E-state index in [0.29, 0.717) is 23.5 Å². The van der Waals surface area contributed by atoms with Gasteiger partial charge >= 0.3 is 0 Å². The van der Waals surface area contributed by atoms with Crippen LogP contribution >= 0.6 is 0 Å². The Morgan fingerprint density at radius 3 is 2.86 bits per heavy atom. The first-order valence-electron chi connectivity index (χ1n) is 7.15. The zero-order valence-corrected chi connectivity index (χ0v) is 12.3. The molecule has 21 heavy (non-hydrogen) atoms. The van der Waals surface area contributed by atoms with Gasteiger partial charge in [0.1, 0.15) is 17.1 Å². The van der Waals surface area contributed by atoms with Crippen LogP contribution in [0.5, 0.6) is 0 Å². The minimum atomic E-state index is -0.973. The first-order chi connectivity index (χ1) is 9.99. The smallest absolute Gasteiger partial charge is 0.254 e. The molecule has 1 amide bonds. The average Bonchev–Trinajstić information content (AvgIpc) is 2.98. The third kappa shape index (κ3) is 2.47. The zero-order valence-electron chi connectivity index (χ0n) is 12.3. The predicted octanol–water partition coefficient (Wildman–Crippen LogP) is 2.46. The number of rotatable bonds is 3. The van der Waals surface area contributed by atoms with Crippen molar-refractivity contribution in [3.05, 3.63) is 58.5 Å². The van der Waals surface area contributed by atoms with Crippen molar-refractivity contribution in [2.45, 2.75) is 32.3 Å². The van der Waals surface area contributed by atoms with Crippen LogP contribution < -0.4 is 5.32 Å². The summed E-state index contributed by atoms with van der Waals surface area (Å²) in [4.78, 5) is 12.2. The van der Waals surface area contributed by atoms with Crippen LogP contribution in [0.25, 0.3) is 0 Å². The highest BCUT2D eigenvalue weighted by molar-refractivity contribution is 5.95. The summed E-state index contributed by atoms with van der Waals surface area (Å²) in [6, 6.07) is 9.57. The maximum absolute atomic E-state index is 12.2. The molecule has 1 aromatic heterocycles. The van der Waals surface area contributed by atoms with Crippen molar-refractivity contribution in [2.75, 3.05) is 6.54 Å². The van der Waals surface area contributed by atoms with E-state index in [1.165, 1.54) is 0 Å². The van der Waals surface area contributed by atoms with E-state index in [4.69, 9.17) is 4.42 Å². The molecule has 1 aromatic carbocycles. The molecule has 1 aliphatic carbocycles. The number of carbonyl (C=O) groups excluding carboxylic acids is 1. The van der Waals surface area contributed by atoms with Gasteiger partial charge in [-0.25, -0.2) is 0 Å². The molecule has 110 valence electrons. The average molecular weight is 285 g/mol. The van der Waals surface area contributed by atoms with Crippen LogP contribution in [0.3, 0.4) is 0 Å². The quantitative estimate of drug-likeness (QED) is 0.910. The highest BCUT2D eigenvalue weighted by Gasteiger charge is 2.36. The van der Waals surface area contributed by atoms with E-state index < -0.39 is 5.60 Å². The molecule has 3 rings (SSSR count). The van der Waals surface area contributed by atoms with Crippen molar-refractivity contribution >= 4 is 5.91 Å². The van der Waals surface area contributed by atoms with E-state index >= 15 is 0 Å². The molecular formula is C17H19NO3. The lowest BCUT2D eigenvalue weighted by Crippen LogP contribution is -2.39. The molecule has 1 heterocycles. The molecular weight excluding hydrogens is 266 g/mol. The SMILES string of the molecule is Cc1cc(C(=O)NC[C@]2(O)CCc3ccccc32)c(C)o1. The Kier molecular flexibility index (Phi) is 3.33. The number of fused-ring (bicyclic) bond motifs is 1. The lowest BCUT2D eigenvalue weighted by molar-refractivity contribution is 0.0369. The molecule has 0 saturated carbocycles. The second-order valence-electron chi connectivity index (χ2n) is 5.70. The normalized spacial score (nSPS) is 20.3. The Morgan fingerprint density at radius 1 is 1.38 bits per heavy atom. The third-order valence-electron chi connectivity index (χ3n) is 4.15. The molecule has 2 N–H and O–H groups in total. The molecule has 0 radical (unpaired) electrons. The van der Waals surface area contributed by atoms with Crippen molar-refractivity contribution in [1.29, 1.82) is 0 Å². The topological polar surface area (TPSA) is 62.5 Å². The fraction of sp³-hybridized carbons (Fsp3) is 0.353. The van der Waals surface area contributed by atoms with Crippen LogP contribution in [0, 0.1) is 13.8 Å². The number of carbonyl (C=O) groups is 1. The number of aliphatic hydroxyl groups is 1. The van der Waals surface area contributed by atoms with Gasteiger partial charge < -0.3 is 14.8 Å². The zero-order chi connectivity index (χ0) is 15.0. The molecule has 0 spiro atoms. The largest absolute Gasteiger partial charge is 0.466 e. The van der Waals surface area contributed by atoms with Gasteiger partial charge in [0.25, 0.3) is 5.91 Å². The Morgan fingerprint density at radius 2 is 2.14 bits per heavy atom. The first kappa shape index (κ1) is 13.9. The van der Waals surface area contributed by atoms with Crippen LogP contribution in [0.1, 0.15) is 39.4 Å². The van der Waals surface area contributed by atoms with Crippen LogP contribution in [0.2, 0.25) is 0 Å². The van der Waals surface area contributed by atoms with Gasteiger partial charge in [0, 0.05) is 0 Å². The summed E-state index contributed by atoms with van der Waals surface area (Å²) >= 11 is 0. The van der Waals surface area contributed by atoms with E-state index in [1.807, 2.05) is 31.2 Å². The number of furan rings is 1. The van der Waals surface area contributed by atoms with E-state index in [-0.39, 0.29) is 12.5 Å². The highest BCUT2D eigenvalue weighted by atomic mass is 16.3. The Bertz CT molecular complexity index is 689. The van der Waals surface area contributed by atoms with E-state index in [2.05, 4.69) is 5.32 Å². The van der Waals surface area contributed by atoms with Gasteiger partial charge in [-0.1, -0.05) is 24.3 Å². The number of amides is 1. The number of aryl methyl sites for hydroxylation is 3. The van der Waals surface area contributed by atoms with Gasteiger partial charge in [0.15, 0.2) is 0 Å². The fourth-order valence-electron chi connectivity index (χ4n) is 3.03. The highest BCUT2D eigenvalue weighted by Crippen LogP contribution is 2.36. The number of hydrogen-bond acceptors (Lipinski definition) is 3. The van der Waals surface area contributed by atoms with Gasteiger partial charge in [0.05, 0.1) is 12.1 Å². The van der Waals surface area contributed by atoms with E-state index in [1.54, 1.807) is 13.0 Å². The Hall–Kier alpha value is -2.07. The van der Waals surface area contributed by atoms with Crippen molar-refractivity contribution in [3.63, 3.8) is 0 Å². The minimum Gasteiger partial charge on any atom is -0.466 e. The summed E-state index contributed by atoms with van der Waals surface area (Å²) in [5.41, 5.74) is 1.64. The summed E-state index contributed by atoms with van der Waals surface area (Å²) < 4.78 is 5.37. The van der Waals surface area contributed by atoms with Gasteiger partial charge in [-0.2, -0.15) is 0 Å². The van der Waals surface area contributed by atoms with Crippen LogP contribution in [0.15, 0.2) is 34.7 Å². The van der Waals surface area contributed by atoms with Crippen LogP contribution in [0.4, 0.5) is 0 Å². The second kappa shape index (κ2) is 5.04. The van der Waals surface area contributed by atoms with Gasteiger partial charge in [-0.05, 0) is 43.9 Å². The molecule has 0 aliphatic heterocycles. The van der Waals surface area contributed by atoms with Crippen molar-refractivity contribution < 1.29 is 14.3 Å². The molecule has 2 aromatic rings. The Balaban J connectivity index is 1.74. The van der Waals surface area contributed by atoms with Crippen molar-refractivity contribution in [3.8, 4) is 0 Å². The lowest BCUT2D eigenvalue weighted by atomic mass is 9.96. The molecule has 1 atom stereocenters. The molecule has 0 fully saturated rings. The Labute approximate surface area is 123 Å². The summed E-state index contributed by atoms with van der Waals surface area (Å²) in [7, 11) is 0. The van der Waals surface area contributed by atoms with Crippen LogP contribution in [-0.2, 0) is 12.0 Å². The molecule has 1 aliphatic rings. The summed E-state index contributed by atoms with van der Waals surface area (Å²) in [6.45, 7) is 3.79. The predicted molar refractivity (Wildman–Crippen MR) is 79.2 cm³/mol. The minimum absolute atomic E-state index is 0.206. The monoisotopic (exact) mass is 285 g/mol. The summed E-state index contributed by atoms with van der Waals surface area (Å²) in [6.07, 6.45) is 1.47. The molecule has 4 heteroatoms. The molecule has 0 unspecified atom stereocenters. The van der Waals surface area contributed by atoms with Gasteiger partial charge in [0.2, 0.25) is 0 Å². The fourth-order valence-corrected chi connectivity index (χ4v) is 3.03. The number of benzene rings is 1. The summed E-state index contributed by atoms with van der Waals surface area (Å²) in [5, 5.41) is 13.6. The number of hydrogen-bond donors (Lipinski definition) is 2. The number of nitrogens with one attached hydrogen (secondary N) is 1.